The Morgan fingerprint density at radius 3 is 2.31 bits per heavy atom. The van der Waals surface area contributed by atoms with Gasteiger partial charge in [-0.15, -0.1) is 0 Å². The van der Waals surface area contributed by atoms with Crippen molar-refractivity contribution < 1.29 is 13.2 Å². The van der Waals surface area contributed by atoms with Crippen molar-refractivity contribution in [3.8, 4) is 0 Å². The summed E-state index contributed by atoms with van der Waals surface area (Å²) in [6.45, 7) is 4.54. The average molecular weight is 456 g/mol. The van der Waals surface area contributed by atoms with Crippen LogP contribution in [0, 0.1) is 18.8 Å². The SMILES string of the molecule is Cc1ccc(CCC2CCN(C(=O)C3CCN(S(=O)(=O)c4cccnc4)CC3)CC2)cc1. The van der Waals surface area contributed by atoms with E-state index < -0.39 is 10.0 Å². The fraction of sp³-hybridized carbons (Fsp3) is 0.520. The molecule has 1 aromatic carbocycles. The second-order valence-corrected chi connectivity index (χ2v) is 11.1. The highest BCUT2D eigenvalue weighted by Gasteiger charge is 2.34. The van der Waals surface area contributed by atoms with Crippen LogP contribution in [0.5, 0.6) is 0 Å². The summed E-state index contributed by atoms with van der Waals surface area (Å²) >= 11 is 0. The third-order valence-electron chi connectivity index (χ3n) is 6.96. The summed E-state index contributed by atoms with van der Waals surface area (Å²) in [5, 5.41) is 0. The van der Waals surface area contributed by atoms with Crippen LogP contribution in [-0.4, -0.2) is 54.7 Å². The highest BCUT2D eigenvalue weighted by molar-refractivity contribution is 7.89. The molecule has 0 unspecified atom stereocenters. The van der Waals surface area contributed by atoms with Crippen LogP contribution in [0.3, 0.4) is 0 Å². The normalized spacial score (nSPS) is 19.2. The number of hydrogen-bond donors (Lipinski definition) is 0. The van der Waals surface area contributed by atoms with Gasteiger partial charge in [-0.3, -0.25) is 9.78 Å². The molecule has 32 heavy (non-hydrogen) atoms. The van der Waals surface area contributed by atoms with Gasteiger partial charge >= 0.3 is 0 Å². The maximum absolute atomic E-state index is 13.0. The summed E-state index contributed by atoms with van der Waals surface area (Å²) in [5.41, 5.74) is 2.68. The molecular weight excluding hydrogens is 422 g/mol. The number of hydrogen-bond acceptors (Lipinski definition) is 4. The number of carbonyl (C=O) groups excluding carboxylic acids is 1. The number of rotatable bonds is 6. The molecule has 0 N–H and O–H groups in total. The third kappa shape index (κ3) is 5.38. The van der Waals surface area contributed by atoms with Gasteiger partial charge in [-0.25, -0.2) is 8.42 Å². The lowest BCUT2D eigenvalue weighted by molar-refractivity contribution is -0.138. The van der Waals surface area contributed by atoms with Crippen LogP contribution >= 0.6 is 0 Å². The predicted octanol–water partition coefficient (Wildman–Crippen LogP) is 3.66. The highest BCUT2D eigenvalue weighted by atomic mass is 32.2. The number of pyridine rings is 1. The van der Waals surface area contributed by atoms with Gasteiger partial charge in [-0.05, 0) is 69.1 Å². The standard InChI is InChI=1S/C25H33N3O3S/c1-20-4-6-21(7-5-20)8-9-22-10-15-27(16-11-22)25(29)23-12-17-28(18-13-23)32(30,31)24-3-2-14-26-19-24/h2-7,14,19,22-23H,8-13,15-18H2,1H3. The van der Waals surface area contributed by atoms with Crippen molar-refractivity contribution in [3.63, 3.8) is 0 Å². The van der Waals surface area contributed by atoms with E-state index in [0.717, 1.165) is 32.4 Å². The van der Waals surface area contributed by atoms with Crippen LogP contribution in [0.25, 0.3) is 0 Å². The summed E-state index contributed by atoms with van der Waals surface area (Å²) in [7, 11) is -3.53. The quantitative estimate of drug-likeness (QED) is 0.667. The zero-order chi connectivity index (χ0) is 22.6. The molecule has 1 amide bonds. The largest absolute Gasteiger partial charge is 0.342 e. The first kappa shape index (κ1) is 22.9. The number of amides is 1. The first-order valence-corrected chi connectivity index (χ1v) is 13.1. The molecule has 4 rings (SSSR count). The lowest BCUT2D eigenvalue weighted by Crippen LogP contribution is -2.46. The number of likely N-dealkylation sites (tertiary alicyclic amines) is 1. The minimum Gasteiger partial charge on any atom is -0.342 e. The van der Waals surface area contributed by atoms with Crippen LogP contribution in [0.15, 0.2) is 53.7 Å². The molecule has 0 bridgehead atoms. The van der Waals surface area contributed by atoms with E-state index in [1.807, 2.05) is 4.90 Å². The van der Waals surface area contributed by atoms with Gasteiger partial charge in [-0.1, -0.05) is 29.8 Å². The Balaban J connectivity index is 1.22. The molecule has 0 aliphatic carbocycles. The minimum absolute atomic E-state index is 0.0699. The van der Waals surface area contributed by atoms with Gasteiger partial charge in [0.05, 0.1) is 0 Å². The summed E-state index contributed by atoms with van der Waals surface area (Å²) in [6, 6.07) is 12.0. The fourth-order valence-corrected chi connectivity index (χ4v) is 6.25. The molecule has 1 aromatic heterocycles. The minimum atomic E-state index is -3.53. The van der Waals surface area contributed by atoms with Gasteiger partial charge in [0.1, 0.15) is 4.90 Å². The molecule has 2 aliphatic heterocycles. The second kappa shape index (κ2) is 10.1. The molecule has 172 valence electrons. The Hall–Kier alpha value is -2.25. The van der Waals surface area contributed by atoms with Crippen LogP contribution in [0.1, 0.15) is 43.2 Å². The summed E-state index contributed by atoms with van der Waals surface area (Å²) in [6.07, 6.45) is 8.53. The van der Waals surface area contributed by atoms with E-state index >= 15 is 0 Å². The molecule has 6 nitrogen and oxygen atoms in total. The van der Waals surface area contributed by atoms with E-state index in [0.29, 0.717) is 31.8 Å². The van der Waals surface area contributed by atoms with Crippen molar-refractivity contribution in [2.45, 2.75) is 50.3 Å². The van der Waals surface area contributed by atoms with Crippen molar-refractivity contribution in [1.82, 2.24) is 14.2 Å². The van der Waals surface area contributed by atoms with E-state index in [1.54, 1.807) is 18.3 Å². The molecule has 0 radical (unpaired) electrons. The number of sulfonamides is 1. The summed E-state index contributed by atoms with van der Waals surface area (Å²) in [5.74, 6) is 0.812. The topological polar surface area (TPSA) is 70.6 Å². The van der Waals surface area contributed by atoms with Gasteiger partial charge in [-0.2, -0.15) is 4.31 Å². The number of piperidine rings is 2. The molecule has 2 fully saturated rings. The number of carbonyl (C=O) groups is 1. The first-order valence-electron chi connectivity index (χ1n) is 11.7. The molecular formula is C25H33N3O3S. The van der Waals surface area contributed by atoms with Gasteiger partial charge in [0, 0.05) is 44.5 Å². The van der Waals surface area contributed by atoms with Crippen molar-refractivity contribution >= 4 is 15.9 Å². The molecule has 0 spiro atoms. The molecule has 2 aromatic rings. The molecule has 2 aliphatic rings. The van der Waals surface area contributed by atoms with Crippen molar-refractivity contribution in [2.75, 3.05) is 26.2 Å². The second-order valence-electron chi connectivity index (χ2n) is 9.16. The maximum atomic E-state index is 13.0. The van der Waals surface area contributed by atoms with E-state index in [2.05, 4.69) is 36.2 Å². The smallest absolute Gasteiger partial charge is 0.244 e. The molecule has 2 saturated heterocycles. The maximum Gasteiger partial charge on any atom is 0.244 e. The predicted molar refractivity (Wildman–Crippen MR) is 125 cm³/mol. The van der Waals surface area contributed by atoms with E-state index in [4.69, 9.17) is 0 Å². The van der Waals surface area contributed by atoms with Gasteiger partial charge in [0.25, 0.3) is 0 Å². The zero-order valence-corrected chi connectivity index (χ0v) is 19.6. The van der Waals surface area contributed by atoms with Crippen molar-refractivity contribution in [1.29, 1.82) is 0 Å². The highest BCUT2D eigenvalue weighted by Crippen LogP contribution is 2.28. The number of aromatic nitrogens is 1. The molecule has 0 saturated carbocycles. The number of aryl methyl sites for hydroxylation is 2. The Bertz CT molecular complexity index is 992. The molecule has 0 atom stereocenters. The van der Waals surface area contributed by atoms with E-state index in [1.165, 1.54) is 28.0 Å². The van der Waals surface area contributed by atoms with E-state index in [9.17, 15) is 13.2 Å². The van der Waals surface area contributed by atoms with Crippen LogP contribution in [-0.2, 0) is 21.2 Å². The molecule has 7 heteroatoms. The monoisotopic (exact) mass is 455 g/mol. The first-order chi connectivity index (χ1) is 15.4. The Morgan fingerprint density at radius 2 is 1.69 bits per heavy atom. The Morgan fingerprint density at radius 1 is 1.00 bits per heavy atom. The fourth-order valence-electron chi connectivity index (χ4n) is 4.82. The number of nitrogens with zero attached hydrogens (tertiary/aromatic N) is 3. The van der Waals surface area contributed by atoms with Crippen LogP contribution < -0.4 is 0 Å². The number of benzene rings is 1. The summed E-state index contributed by atoms with van der Waals surface area (Å²) < 4.78 is 27.0. The van der Waals surface area contributed by atoms with Crippen LogP contribution in [0.2, 0.25) is 0 Å². The van der Waals surface area contributed by atoms with Crippen molar-refractivity contribution in [2.24, 2.45) is 11.8 Å². The van der Waals surface area contributed by atoms with Gasteiger partial charge in [0.15, 0.2) is 0 Å². The Labute approximate surface area is 191 Å². The average Bonchev–Trinajstić information content (AvgIpc) is 2.84. The van der Waals surface area contributed by atoms with Crippen molar-refractivity contribution in [3.05, 3.63) is 59.9 Å². The van der Waals surface area contributed by atoms with E-state index in [-0.39, 0.29) is 16.7 Å². The molecule has 3 heterocycles. The third-order valence-corrected chi connectivity index (χ3v) is 8.85. The lowest BCUT2D eigenvalue weighted by Gasteiger charge is -2.37. The lowest BCUT2D eigenvalue weighted by atomic mass is 9.89. The summed E-state index contributed by atoms with van der Waals surface area (Å²) in [4.78, 5) is 19.2. The van der Waals surface area contributed by atoms with Crippen LogP contribution in [0.4, 0.5) is 0 Å². The Kier molecular flexibility index (Phi) is 7.26. The van der Waals surface area contributed by atoms with Gasteiger partial charge in [0.2, 0.25) is 15.9 Å². The van der Waals surface area contributed by atoms with Gasteiger partial charge < -0.3 is 4.90 Å². The zero-order valence-electron chi connectivity index (χ0n) is 18.8.